The van der Waals surface area contributed by atoms with E-state index in [2.05, 4.69) is 39.4 Å². The van der Waals surface area contributed by atoms with Crippen molar-refractivity contribution in [2.24, 2.45) is 0 Å². The smallest absolute Gasteiger partial charge is 0.271 e. The van der Waals surface area contributed by atoms with Crippen LogP contribution in [0.15, 0.2) is 6.07 Å². The Bertz CT molecular complexity index is 693. The quantitative estimate of drug-likeness (QED) is 0.825. The number of nitrogens with two attached hydrogens (primary N) is 1. The van der Waals surface area contributed by atoms with E-state index >= 15 is 0 Å². The first kappa shape index (κ1) is 15.9. The van der Waals surface area contributed by atoms with Crippen LogP contribution in [0.1, 0.15) is 35.0 Å². The Balaban J connectivity index is 1.56. The lowest BCUT2D eigenvalue weighted by Gasteiger charge is -2.30. The summed E-state index contributed by atoms with van der Waals surface area (Å²) >= 11 is 1.34. The SMILES string of the molecule is CC(C)N1CCn2nc(C(=O)NCCc3nnc(N)s3)cc2C1. The number of carbonyl (C=O) groups is 1. The second-order valence-electron chi connectivity index (χ2n) is 5.85. The lowest BCUT2D eigenvalue weighted by Crippen LogP contribution is -2.38. The number of hydrogen-bond donors (Lipinski definition) is 2. The summed E-state index contributed by atoms with van der Waals surface area (Å²) in [6.07, 6.45) is 0.620. The van der Waals surface area contributed by atoms with Crippen molar-refractivity contribution in [3.63, 3.8) is 0 Å². The van der Waals surface area contributed by atoms with Crippen molar-refractivity contribution in [1.82, 2.24) is 30.2 Å². The predicted molar refractivity (Wildman–Crippen MR) is 88.1 cm³/mol. The Labute approximate surface area is 138 Å². The van der Waals surface area contributed by atoms with Gasteiger partial charge >= 0.3 is 0 Å². The number of anilines is 1. The molecule has 3 N–H and O–H groups in total. The highest BCUT2D eigenvalue weighted by atomic mass is 32.1. The van der Waals surface area contributed by atoms with E-state index in [1.54, 1.807) is 0 Å². The van der Waals surface area contributed by atoms with Crippen LogP contribution >= 0.6 is 11.3 Å². The molecular formula is C14H21N7OS. The van der Waals surface area contributed by atoms with Crippen LogP contribution in [-0.4, -0.2) is 49.9 Å². The largest absolute Gasteiger partial charge is 0.374 e. The maximum absolute atomic E-state index is 12.2. The number of fused-ring (bicyclic) bond motifs is 1. The van der Waals surface area contributed by atoms with Crippen LogP contribution in [0.4, 0.5) is 5.13 Å². The van der Waals surface area contributed by atoms with E-state index in [0.29, 0.717) is 29.8 Å². The molecule has 3 heterocycles. The molecule has 3 rings (SSSR count). The van der Waals surface area contributed by atoms with Gasteiger partial charge in [0.05, 0.1) is 12.2 Å². The molecule has 2 aromatic heterocycles. The van der Waals surface area contributed by atoms with Gasteiger partial charge in [0.1, 0.15) is 10.7 Å². The molecule has 0 spiro atoms. The van der Waals surface area contributed by atoms with Crippen molar-refractivity contribution >= 4 is 22.4 Å². The highest BCUT2D eigenvalue weighted by molar-refractivity contribution is 7.15. The number of nitrogen functional groups attached to an aromatic ring is 1. The van der Waals surface area contributed by atoms with Gasteiger partial charge in [-0.15, -0.1) is 10.2 Å². The first-order chi connectivity index (χ1) is 11.0. The van der Waals surface area contributed by atoms with E-state index in [-0.39, 0.29) is 5.91 Å². The monoisotopic (exact) mass is 335 g/mol. The first-order valence-electron chi connectivity index (χ1n) is 7.70. The maximum Gasteiger partial charge on any atom is 0.271 e. The highest BCUT2D eigenvalue weighted by Gasteiger charge is 2.22. The normalized spacial score (nSPS) is 14.9. The molecule has 0 atom stereocenters. The van der Waals surface area contributed by atoms with Crippen molar-refractivity contribution in [2.45, 2.75) is 39.4 Å². The van der Waals surface area contributed by atoms with Gasteiger partial charge in [0.25, 0.3) is 5.91 Å². The highest BCUT2D eigenvalue weighted by Crippen LogP contribution is 2.16. The minimum absolute atomic E-state index is 0.152. The Hall–Kier alpha value is -2.00. The molecular weight excluding hydrogens is 314 g/mol. The molecule has 1 aliphatic heterocycles. The minimum Gasteiger partial charge on any atom is -0.374 e. The number of hydrogen-bond acceptors (Lipinski definition) is 7. The predicted octanol–water partition coefficient (Wildman–Crippen LogP) is 0.513. The van der Waals surface area contributed by atoms with Crippen molar-refractivity contribution in [3.8, 4) is 0 Å². The second-order valence-corrected chi connectivity index (χ2v) is 6.94. The van der Waals surface area contributed by atoms with E-state index in [1.165, 1.54) is 11.3 Å². The molecule has 0 aliphatic carbocycles. The Morgan fingerprint density at radius 3 is 2.96 bits per heavy atom. The summed E-state index contributed by atoms with van der Waals surface area (Å²) in [6, 6.07) is 2.38. The van der Waals surface area contributed by atoms with Gasteiger partial charge in [-0.2, -0.15) is 5.10 Å². The van der Waals surface area contributed by atoms with E-state index in [9.17, 15) is 4.79 Å². The number of amides is 1. The van der Waals surface area contributed by atoms with Crippen LogP contribution in [0.25, 0.3) is 0 Å². The van der Waals surface area contributed by atoms with Crippen molar-refractivity contribution < 1.29 is 4.79 Å². The molecule has 9 heteroatoms. The van der Waals surface area contributed by atoms with Gasteiger partial charge in [-0.25, -0.2) is 0 Å². The fraction of sp³-hybridized carbons (Fsp3) is 0.571. The van der Waals surface area contributed by atoms with Crippen LogP contribution in [0.2, 0.25) is 0 Å². The van der Waals surface area contributed by atoms with E-state index < -0.39 is 0 Å². The first-order valence-corrected chi connectivity index (χ1v) is 8.51. The molecule has 0 bridgehead atoms. The fourth-order valence-corrected chi connectivity index (χ4v) is 3.19. The van der Waals surface area contributed by atoms with Crippen LogP contribution < -0.4 is 11.1 Å². The van der Waals surface area contributed by atoms with Crippen LogP contribution in [0.3, 0.4) is 0 Å². The number of carbonyl (C=O) groups excluding carboxylic acids is 1. The molecule has 1 amide bonds. The summed E-state index contributed by atoms with van der Waals surface area (Å²) in [5.41, 5.74) is 7.09. The van der Waals surface area contributed by atoms with Gasteiger partial charge in [-0.05, 0) is 19.9 Å². The van der Waals surface area contributed by atoms with Crippen molar-refractivity contribution in [3.05, 3.63) is 22.5 Å². The molecule has 0 fully saturated rings. The van der Waals surface area contributed by atoms with Crippen LogP contribution in [-0.2, 0) is 19.5 Å². The van der Waals surface area contributed by atoms with Gasteiger partial charge in [0.2, 0.25) is 5.13 Å². The molecule has 0 aromatic carbocycles. The molecule has 0 radical (unpaired) electrons. The van der Waals surface area contributed by atoms with Crippen molar-refractivity contribution in [2.75, 3.05) is 18.8 Å². The third kappa shape index (κ3) is 3.67. The summed E-state index contributed by atoms with van der Waals surface area (Å²) in [5.74, 6) is -0.152. The third-order valence-corrected chi connectivity index (χ3v) is 4.71. The zero-order valence-electron chi connectivity index (χ0n) is 13.3. The average molecular weight is 335 g/mol. The van der Waals surface area contributed by atoms with E-state index in [0.717, 1.165) is 30.3 Å². The summed E-state index contributed by atoms with van der Waals surface area (Å²) in [7, 11) is 0. The molecule has 0 unspecified atom stereocenters. The topological polar surface area (TPSA) is 102 Å². The van der Waals surface area contributed by atoms with Crippen LogP contribution in [0.5, 0.6) is 0 Å². The zero-order chi connectivity index (χ0) is 16.4. The summed E-state index contributed by atoms with van der Waals surface area (Å²) in [5, 5.41) is 16.2. The second kappa shape index (κ2) is 6.63. The lowest BCUT2D eigenvalue weighted by molar-refractivity contribution is 0.0948. The number of rotatable bonds is 5. The lowest BCUT2D eigenvalue weighted by atomic mass is 10.2. The molecule has 2 aromatic rings. The third-order valence-electron chi connectivity index (χ3n) is 3.90. The number of aromatic nitrogens is 4. The Morgan fingerprint density at radius 2 is 2.26 bits per heavy atom. The van der Waals surface area contributed by atoms with Gasteiger partial charge in [-0.3, -0.25) is 14.4 Å². The molecule has 0 saturated carbocycles. The fourth-order valence-electron chi connectivity index (χ4n) is 2.58. The Morgan fingerprint density at radius 1 is 1.43 bits per heavy atom. The summed E-state index contributed by atoms with van der Waals surface area (Å²) < 4.78 is 1.93. The average Bonchev–Trinajstić information content (AvgIpc) is 3.12. The van der Waals surface area contributed by atoms with E-state index in [4.69, 9.17) is 5.73 Å². The van der Waals surface area contributed by atoms with Gasteiger partial charge in [0, 0.05) is 32.1 Å². The molecule has 0 saturated heterocycles. The zero-order valence-corrected chi connectivity index (χ0v) is 14.1. The molecule has 23 heavy (non-hydrogen) atoms. The van der Waals surface area contributed by atoms with Gasteiger partial charge < -0.3 is 11.1 Å². The maximum atomic E-state index is 12.2. The molecule has 8 nitrogen and oxygen atoms in total. The standard InChI is InChI=1S/C14H21N7OS/c1-9(2)20-5-6-21-10(8-20)7-11(19-21)13(22)16-4-3-12-17-18-14(15)23-12/h7,9H,3-6,8H2,1-2H3,(H2,15,18)(H,16,22). The number of nitrogens with zero attached hydrogens (tertiary/aromatic N) is 5. The van der Waals surface area contributed by atoms with Crippen LogP contribution in [0, 0.1) is 0 Å². The summed E-state index contributed by atoms with van der Waals surface area (Å²) in [6.45, 7) is 7.48. The van der Waals surface area contributed by atoms with Gasteiger partial charge in [0.15, 0.2) is 0 Å². The number of nitrogens with one attached hydrogen (secondary N) is 1. The van der Waals surface area contributed by atoms with E-state index in [1.807, 2.05) is 10.7 Å². The molecule has 124 valence electrons. The van der Waals surface area contributed by atoms with Gasteiger partial charge in [-0.1, -0.05) is 11.3 Å². The van der Waals surface area contributed by atoms with Crippen molar-refractivity contribution in [1.29, 1.82) is 0 Å². The molecule has 1 aliphatic rings. The Kier molecular flexibility index (Phi) is 4.58. The summed E-state index contributed by atoms with van der Waals surface area (Å²) in [4.78, 5) is 14.6. The minimum atomic E-state index is -0.152.